The first kappa shape index (κ1) is 15.8. The molecule has 2 N–H and O–H groups in total. The molecule has 2 amide bonds. The molecule has 0 bridgehead atoms. The van der Waals surface area contributed by atoms with E-state index in [-0.39, 0.29) is 17.6 Å². The van der Waals surface area contributed by atoms with Crippen molar-refractivity contribution in [1.82, 2.24) is 15.2 Å². The van der Waals surface area contributed by atoms with E-state index in [1.807, 2.05) is 24.3 Å². The summed E-state index contributed by atoms with van der Waals surface area (Å²) in [5.74, 6) is -0.165. The van der Waals surface area contributed by atoms with Crippen molar-refractivity contribution in [3.8, 4) is 0 Å². The number of nitrogens with one attached hydrogen (secondary N) is 2. The van der Waals surface area contributed by atoms with Gasteiger partial charge in [0.15, 0.2) is 9.47 Å². The lowest BCUT2D eigenvalue weighted by molar-refractivity contribution is -0.114. The maximum atomic E-state index is 12.0. The molecule has 10 heteroatoms. The highest BCUT2D eigenvalue weighted by Gasteiger charge is 2.11. The Hall–Kier alpha value is -2.04. The van der Waals surface area contributed by atoms with Gasteiger partial charge in [-0.25, -0.2) is 4.98 Å². The van der Waals surface area contributed by atoms with Crippen LogP contribution in [0.4, 0.5) is 10.3 Å². The van der Waals surface area contributed by atoms with Crippen LogP contribution in [0.15, 0.2) is 28.6 Å². The van der Waals surface area contributed by atoms with Gasteiger partial charge in [-0.15, -0.1) is 10.2 Å². The lowest BCUT2D eigenvalue weighted by Gasteiger charge is -1.98. The van der Waals surface area contributed by atoms with Gasteiger partial charge in [-0.3, -0.25) is 9.59 Å². The maximum absolute atomic E-state index is 12.0. The third kappa shape index (κ3) is 4.24. The Bertz CT molecular complexity index is 827. The molecule has 118 valence electrons. The van der Waals surface area contributed by atoms with Gasteiger partial charge in [-0.1, -0.05) is 46.6 Å². The predicted octanol–water partition coefficient (Wildman–Crippen LogP) is 2.84. The Morgan fingerprint density at radius 2 is 1.96 bits per heavy atom. The number of fused-ring (bicyclic) bond motifs is 1. The number of para-hydroxylation sites is 1. The second kappa shape index (κ2) is 7.02. The molecular formula is C13H11N5O2S3. The van der Waals surface area contributed by atoms with Crippen LogP contribution in [-0.2, 0) is 9.59 Å². The second-order valence-corrected chi connectivity index (χ2v) is 7.61. The van der Waals surface area contributed by atoms with Crippen molar-refractivity contribution in [2.75, 3.05) is 16.4 Å². The zero-order valence-corrected chi connectivity index (χ0v) is 14.3. The lowest BCUT2D eigenvalue weighted by atomic mass is 10.3. The summed E-state index contributed by atoms with van der Waals surface area (Å²) in [4.78, 5) is 27.2. The number of benzene rings is 1. The highest BCUT2D eigenvalue weighted by atomic mass is 32.2. The van der Waals surface area contributed by atoms with E-state index >= 15 is 0 Å². The summed E-state index contributed by atoms with van der Waals surface area (Å²) in [6.07, 6.45) is 0. The molecule has 0 saturated heterocycles. The zero-order valence-electron chi connectivity index (χ0n) is 11.9. The number of carbonyl (C=O) groups is 2. The van der Waals surface area contributed by atoms with E-state index in [0.29, 0.717) is 14.6 Å². The van der Waals surface area contributed by atoms with Crippen LogP contribution < -0.4 is 10.6 Å². The average Bonchev–Trinajstić information content (AvgIpc) is 3.10. The number of rotatable bonds is 5. The topological polar surface area (TPSA) is 96.9 Å². The van der Waals surface area contributed by atoms with Crippen LogP contribution in [0.2, 0.25) is 0 Å². The summed E-state index contributed by atoms with van der Waals surface area (Å²) in [5, 5.41) is 14.1. The van der Waals surface area contributed by atoms with Crippen LogP contribution >= 0.6 is 34.4 Å². The number of hydrogen-bond donors (Lipinski definition) is 2. The minimum absolute atomic E-state index is 0.162. The van der Waals surface area contributed by atoms with Crippen molar-refractivity contribution < 1.29 is 9.59 Å². The van der Waals surface area contributed by atoms with E-state index in [0.717, 1.165) is 10.2 Å². The van der Waals surface area contributed by atoms with Crippen molar-refractivity contribution in [2.45, 2.75) is 11.3 Å². The molecule has 0 unspecified atom stereocenters. The summed E-state index contributed by atoms with van der Waals surface area (Å²) >= 11 is 3.92. The molecule has 23 heavy (non-hydrogen) atoms. The largest absolute Gasteiger partial charge is 0.301 e. The molecule has 2 heterocycles. The molecule has 7 nitrogen and oxygen atoms in total. The van der Waals surface area contributed by atoms with E-state index < -0.39 is 0 Å². The van der Waals surface area contributed by atoms with Gasteiger partial charge in [-0.2, -0.15) is 0 Å². The van der Waals surface area contributed by atoms with Crippen LogP contribution in [-0.4, -0.2) is 32.7 Å². The molecule has 0 aliphatic rings. The Morgan fingerprint density at radius 3 is 2.74 bits per heavy atom. The number of thioether (sulfide) groups is 1. The van der Waals surface area contributed by atoms with Crippen LogP contribution in [0.25, 0.3) is 10.2 Å². The predicted molar refractivity (Wildman–Crippen MR) is 93.2 cm³/mol. The SMILES string of the molecule is CC(=O)Nc1nnc(SCC(=O)Nc2nc3ccccc3s2)s1. The average molecular weight is 365 g/mol. The molecular weight excluding hydrogens is 354 g/mol. The summed E-state index contributed by atoms with van der Waals surface area (Å²) < 4.78 is 1.65. The van der Waals surface area contributed by atoms with Crippen molar-refractivity contribution in [3.63, 3.8) is 0 Å². The number of anilines is 2. The van der Waals surface area contributed by atoms with Crippen LogP contribution in [0.3, 0.4) is 0 Å². The van der Waals surface area contributed by atoms with Crippen molar-refractivity contribution in [1.29, 1.82) is 0 Å². The first-order valence-electron chi connectivity index (χ1n) is 6.49. The molecule has 0 spiro atoms. The first-order valence-corrected chi connectivity index (χ1v) is 9.11. The Balaban J connectivity index is 1.55. The van der Waals surface area contributed by atoms with E-state index in [1.54, 1.807) is 0 Å². The normalized spacial score (nSPS) is 10.7. The Kier molecular flexibility index (Phi) is 4.84. The molecule has 0 aliphatic carbocycles. The number of hydrogen-bond acceptors (Lipinski definition) is 8. The number of nitrogens with zero attached hydrogens (tertiary/aromatic N) is 3. The van der Waals surface area contributed by atoms with Crippen LogP contribution in [0.1, 0.15) is 6.92 Å². The zero-order chi connectivity index (χ0) is 16.2. The van der Waals surface area contributed by atoms with E-state index in [4.69, 9.17) is 0 Å². The van der Waals surface area contributed by atoms with E-state index in [2.05, 4.69) is 25.8 Å². The molecule has 0 radical (unpaired) electrons. The standard InChI is InChI=1S/C13H11N5O2S3/c1-7(19)14-12-17-18-13(23-12)21-6-10(20)16-11-15-8-4-2-3-5-9(8)22-11/h2-5H,6H2,1H3,(H,14,17,19)(H,15,16,20). The summed E-state index contributed by atoms with van der Waals surface area (Å²) in [6.45, 7) is 1.40. The van der Waals surface area contributed by atoms with Crippen LogP contribution in [0, 0.1) is 0 Å². The quantitative estimate of drug-likeness (QED) is 0.533. The molecule has 1 aromatic carbocycles. The number of thiazole rings is 1. The van der Waals surface area contributed by atoms with Gasteiger partial charge in [0.2, 0.25) is 16.9 Å². The molecule has 3 aromatic rings. The van der Waals surface area contributed by atoms with E-state index in [9.17, 15) is 9.59 Å². The smallest absolute Gasteiger partial charge is 0.236 e. The fourth-order valence-corrected chi connectivity index (χ4v) is 4.16. The van der Waals surface area contributed by atoms with E-state index in [1.165, 1.54) is 41.4 Å². The minimum atomic E-state index is -0.203. The van der Waals surface area contributed by atoms with Gasteiger partial charge in [-0.05, 0) is 12.1 Å². The third-order valence-electron chi connectivity index (χ3n) is 2.56. The molecule has 0 atom stereocenters. The molecule has 0 fully saturated rings. The second-order valence-electron chi connectivity index (χ2n) is 4.38. The molecule has 2 aromatic heterocycles. The Morgan fingerprint density at radius 1 is 1.13 bits per heavy atom. The van der Waals surface area contributed by atoms with Crippen molar-refractivity contribution in [3.05, 3.63) is 24.3 Å². The van der Waals surface area contributed by atoms with Gasteiger partial charge in [0.25, 0.3) is 0 Å². The van der Waals surface area contributed by atoms with Crippen LogP contribution in [0.5, 0.6) is 0 Å². The fourth-order valence-electron chi connectivity index (χ4n) is 1.68. The van der Waals surface area contributed by atoms with Gasteiger partial charge >= 0.3 is 0 Å². The Labute approximate surface area is 143 Å². The first-order chi connectivity index (χ1) is 11.1. The van der Waals surface area contributed by atoms with Crippen molar-refractivity contribution in [2.24, 2.45) is 0 Å². The maximum Gasteiger partial charge on any atom is 0.236 e. The number of amides is 2. The monoisotopic (exact) mass is 365 g/mol. The number of aromatic nitrogens is 3. The number of carbonyl (C=O) groups excluding carboxylic acids is 2. The van der Waals surface area contributed by atoms with Gasteiger partial charge in [0.05, 0.1) is 16.0 Å². The molecule has 0 saturated carbocycles. The minimum Gasteiger partial charge on any atom is -0.301 e. The lowest BCUT2D eigenvalue weighted by Crippen LogP contribution is -2.13. The summed E-state index contributed by atoms with van der Waals surface area (Å²) in [5.41, 5.74) is 0.865. The highest BCUT2D eigenvalue weighted by molar-refractivity contribution is 8.01. The van der Waals surface area contributed by atoms with Crippen molar-refractivity contribution >= 4 is 66.7 Å². The summed E-state index contributed by atoms with van der Waals surface area (Å²) in [6, 6.07) is 7.71. The van der Waals surface area contributed by atoms with Gasteiger partial charge in [0.1, 0.15) is 0 Å². The highest BCUT2D eigenvalue weighted by Crippen LogP contribution is 2.27. The fraction of sp³-hybridized carbons (Fsp3) is 0.154. The summed E-state index contributed by atoms with van der Waals surface area (Å²) in [7, 11) is 0. The molecule has 3 rings (SSSR count). The third-order valence-corrected chi connectivity index (χ3v) is 5.48. The van der Waals surface area contributed by atoms with Gasteiger partial charge in [0, 0.05) is 6.92 Å². The molecule has 0 aliphatic heterocycles. The van der Waals surface area contributed by atoms with Gasteiger partial charge < -0.3 is 10.6 Å².